The van der Waals surface area contributed by atoms with Gasteiger partial charge in [0.2, 0.25) is 17.7 Å². The number of carboxylic acids is 2. The Kier molecular flexibility index (Phi) is 10.2. The van der Waals surface area contributed by atoms with Gasteiger partial charge >= 0.3 is 11.9 Å². The van der Waals surface area contributed by atoms with Crippen molar-refractivity contribution in [3.05, 3.63) is 0 Å². The minimum atomic E-state index is -1.77. The van der Waals surface area contributed by atoms with Crippen LogP contribution in [0.1, 0.15) is 39.0 Å². The van der Waals surface area contributed by atoms with Gasteiger partial charge in [0.05, 0.1) is 12.5 Å². The van der Waals surface area contributed by atoms with Crippen LogP contribution in [0.25, 0.3) is 0 Å². The first-order chi connectivity index (χ1) is 15.3. The van der Waals surface area contributed by atoms with Crippen molar-refractivity contribution < 1.29 is 44.1 Å². The Morgan fingerprint density at radius 1 is 1.12 bits per heavy atom. The molecule has 1 rings (SSSR count). The van der Waals surface area contributed by atoms with Crippen LogP contribution in [0.5, 0.6) is 0 Å². The van der Waals surface area contributed by atoms with Gasteiger partial charge in [-0.1, -0.05) is 0 Å². The van der Waals surface area contributed by atoms with Crippen LogP contribution in [0.15, 0.2) is 0 Å². The van der Waals surface area contributed by atoms with E-state index in [0.29, 0.717) is 11.4 Å². The molecule has 0 aromatic heterocycles. The van der Waals surface area contributed by atoms with Crippen molar-refractivity contribution in [2.24, 2.45) is 17.2 Å². The third-order valence-electron chi connectivity index (χ3n) is 5.12. The summed E-state index contributed by atoms with van der Waals surface area (Å²) in [6.07, 6.45) is -2.53. The highest BCUT2D eigenvalue weighted by Gasteiger charge is 2.41. The largest absolute Gasteiger partial charge is 0.480 e. The van der Waals surface area contributed by atoms with Gasteiger partial charge in [0, 0.05) is 13.0 Å². The van der Waals surface area contributed by atoms with Crippen molar-refractivity contribution in [1.29, 1.82) is 0 Å². The Morgan fingerprint density at radius 3 is 2.18 bits per heavy atom. The number of hydrogen-bond donors (Lipinski definition) is 7. The molecule has 0 unspecified atom stereocenters. The number of hydrogen-bond acceptors (Lipinski definition) is 9. The lowest BCUT2D eigenvalue weighted by molar-refractivity contribution is -0.159. The number of carboxylic acid groups (broad SMARTS) is 2. The SMILES string of the molecule is C[C@@H](O)[C@H](N)C(=O)N(N[C@@H](CC(N)=O)C(=O)N1CCC[C@H]1C(=O)O)[C@@H](CCC(N)=O)C(=O)O. The molecule has 0 spiro atoms. The van der Waals surface area contributed by atoms with Crippen molar-refractivity contribution in [1.82, 2.24) is 15.3 Å². The summed E-state index contributed by atoms with van der Waals surface area (Å²) in [6.45, 7) is 1.23. The summed E-state index contributed by atoms with van der Waals surface area (Å²) in [5.41, 5.74) is 18.3. The van der Waals surface area contributed by atoms with Crippen LogP contribution >= 0.6 is 0 Å². The second kappa shape index (κ2) is 12.1. The van der Waals surface area contributed by atoms with Gasteiger partial charge < -0.3 is 37.4 Å². The Labute approximate surface area is 188 Å². The maximum absolute atomic E-state index is 13.1. The fraction of sp³-hybridized carbons (Fsp3) is 0.667. The number of amides is 4. The number of aliphatic hydroxyl groups excluding tert-OH is 1. The molecule has 10 N–H and O–H groups in total. The summed E-state index contributed by atoms with van der Waals surface area (Å²) < 4.78 is 0. The number of likely N-dealkylation sites (tertiary alicyclic amines) is 1. The topological polar surface area (TPSA) is 260 Å². The highest BCUT2D eigenvalue weighted by atomic mass is 16.4. The number of primary amides is 2. The number of nitrogens with two attached hydrogens (primary N) is 3. The van der Waals surface area contributed by atoms with Gasteiger partial charge in [0.1, 0.15) is 24.2 Å². The molecule has 0 aromatic rings. The standard InChI is InChI=1S/C18H30N6O9/c1-8(25)14(21)16(29)24(11(18(32)33)4-5-12(19)26)22-9(7-13(20)27)15(28)23-6-2-3-10(23)17(30)31/h8-11,14,22,25H,2-7,21H2,1H3,(H2,19,26)(H2,20,27)(H,30,31)(H,32,33)/t8-,9+,10+,11+,14+/m1/s1. The first-order valence-corrected chi connectivity index (χ1v) is 10.1. The molecule has 0 aromatic carbocycles. The molecule has 0 saturated carbocycles. The van der Waals surface area contributed by atoms with E-state index in [1.807, 2.05) is 0 Å². The Hall–Kier alpha value is -3.30. The fourth-order valence-electron chi connectivity index (χ4n) is 3.36. The first kappa shape index (κ1) is 27.7. The minimum absolute atomic E-state index is 0.0535. The molecular weight excluding hydrogens is 444 g/mol. The van der Waals surface area contributed by atoms with Gasteiger partial charge in [-0.2, -0.15) is 0 Å². The van der Waals surface area contributed by atoms with Gasteiger partial charge in [-0.3, -0.25) is 24.2 Å². The molecule has 1 heterocycles. The molecule has 1 aliphatic heterocycles. The number of aliphatic carboxylic acids is 2. The number of hydrazine groups is 1. The lowest BCUT2D eigenvalue weighted by atomic mass is 10.1. The third kappa shape index (κ3) is 7.65. The highest BCUT2D eigenvalue weighted by molar-refractivity contribution is 5.92. The van der Waals surface area contributed by atoms with E-state index in [9.17, 15) is 44.1 Å². The third-order valence-corrected chi connectivity index (χ3v) is 5.12. The van der Waals surface area contributed by atoms with Crippen LogP contribution in [0.3, 0.4) is 0 Å². The average Bonchev–Trinajstić information content (AvgIpc) is 3.20. The Bertz CT molecular complexity index is 789. The number of carbonyl (C=O) groups excluding carboxylic acids is 4. The monoisotopic (exact) mass is 474 g/mol. The quantitative estimate of drug-likeness (QED) is 0.127. The van der Waals surface area contributed by atoms with Crippen LogP contribution in [0.2, 0.25) is 0 Å². The predicted octanol–water partition coefficient (Wildman–Crippen LogP) is -3.93. The van der Waals surface area contributed by atoms with Gasteiger partial charge in [0.25, 0.3) is 5.91 Å². The van der Waals surface area contributed by atoms with E-state index in [-0.39, 0.29) is 13.0 Å². The van der Waals surface area contributed by atoms with Crippen LogP contribution in [-0.2, 0) is 28.8 Å². The molecule has 1 fully saturated rings. The van der Waals surface area contributed by atoms with Crippen LogP contribution in [0, 0.1) is 0 Å². The summed E-state index contributed by atoms with van der Waals surface area (Å²) in [5, 5.41) is 29.1. The Balaban J connectivity index is 3.36. The van der Waals surface area contributed by atoms with Crippen LogP contribution < -0.4 is 22.6 Å². The number of rotatable bonds is 13. The molecule has 15 heteroatoms. The van der Waals surface area contributed by atoms with E-state index in [1.165, 1.54) is 6.92 Å². The molecule has 0 radical (unpaired) electrons. The minimum Gasteiger partial charge on any atom is -0.480 e. The summed E-state index contributed by atoms with van der Waals surface area (Å²) in [6, 6.07) is -6.20. The van der Waals surface area contributed by atoms with E-state index in [4.69, 9.17) is 17.2 Å². The van der Waals surface area contributed by atoms with Crippen molar-refractivity contribution in [3.8, 4) is 0 Å². The lowest BCUT2D eigenvalue weighted by Crippen LogP contribution is -2.64. The van der Waals surface area contributed by atoms with Gasteiger partial charge in [-0.15, -0.1) is 0 Å². The molecule has 1 saturated heterocycles. The van der Waals surface area contributed by atoms with Crippen LogP contribution in [0.4, 0.5) is 0 Å². The molecule has 4 amide bonds. The molecule has 15 nitrogen and oxygen atoms in total. The van der Waals surface area contributed by atoms with Gasteiger partial charge in [-0.25, -0.2) is 15.0 Å². The lowest BCUT2D eigenvalue weighted by Gasteiger charge is -2.36. The van der Waals surface area contributed by atoms with E-state index in [2.05, 4.69) is 5.43 Å². The summed E-state index contributed by atoms with van der Waals surface area (Å²) in [4.78, 5) is 73.0. The second-order valence-electron chi connectivity index (χ2n) is 7.71. The van der Waals surface area contributed by atoms with Crippen molar-refractivity contribution >= 4 is 35.6 Å². The summed E-state index contributed by atoms with van der Waals surface area (Å²) in [7, 11) is 0. The molecule has 0 bridgehead atoms. The van der Waals surface area contributed by atoms with Crippen molar-refractivity contribution in [2.45, 2.75) is 69.3 Å². The molecular formula is C18H30N6O9. The zero-order valence-electron chi connectivity index (χ0n) is 18.0. The maximum Gasteiger partial charge on any atom is 0.328 e. The fourth-order valence-corrected chi connectivity index (χ4v) is 3.36. The second-order valence-corrected chi connectivity index (χ2v) is 7.71. The predicted molar refractivity (Wildman–Crippen MR) is 109 cm³/mol. The summed E-state index contributed by atoms with van der Waals surface area (Å²) in [5.74, 6) is -6.78. The molecule has 5 atom stereocenters. The van der Waals surface area contributed by atoms with Crippen LogP contribution in [-0.4, -0.2) is 97.6 Å². The maximum atomic E-state index is 13.1. The van der Waals surface area contributed by atoms with Gasteiger partial charge in [-0.05, 0) is 26.2 Å². The number of carbonyl (C=O) groups is 6. The van der Waals surface area contributed by atoms with Crippen molar-refractivity contribution in [3.63, 3.8) is 0 Å². The Morgan fingerprint density at radius 2 is 1.73 bits per heavy atom. The highest BCUT2D eigenvalue weighted by Crippen LogP contribution is 2.20. The number of nitrogens with one attached hydrogen (secondary N) is 1. The average molecular weight is 474 g/mol. The molecule has 1 aliphatic rings. The molecule has 0 aliphatic carbocycles. The first-order valence-electron chi connectivity index (χ1n) is 10.1. The smallest absolute Gasteiger partial charge is 0.328 e. The number of nitrogens with zero attached hydrogens (tertiary/aromatic N) is 2. The van der Waals surface area contributed by atoms with Gasteiger partial charge in [0.15, 0.2) is 0 Å². The summed E-state index contributed by atoms with van der Waals surface area (Å²) >= 11 is 0. The van der Waals surface area contributed by atoms with Crippen molar-refractivity contribution in [2.75, 3.05) is 6.54 Å². The number of aliphatic hydroxyl groups is 1. The van der Waals surface area contributed by atoms with E-state index in [0.717, 1.165) is 4.90 Å². The van der Waals surface area contributed by atoms with E-state index < -0.39 is 85.1 Å². The van der Waals surface area contributed by atoms with E-state index >= 15 is 0 Å². The zero-order valence-corrected chi connectivity index (χ0v) is 18.0. The van der Waals surface area contributed by atoms with E-state index in [1.54, 1.807) is 0 Å². The molecule has 186 valence electrons. The normalized spacial score (nSPS) is 19.2. The molecule has 33 heavy (non-hydrogen) atoms. The zero-order chi connectivity index (χ0) is 25.5.